The Morgan fingerprint density at radius 3 is 2.46 bits per heavy atom. The van der Waals surface area contributed by atoms with Gasteiger partial charge in [0.05, 0.1) is 18.3 Å². The summed E-state index contributed by atoms with van der Waals surface area (Å²) in [5, 5.41) is 0. The molecule has 1 fully saturated rings. The predicted octanol–water partition coefficient (Wildman–Crippen LogP) is 4.73. The Morgan fingerprint density at radius 1 is 1.02 bits per heavy atom. The Kier molecular flexibility index (Phi) is 6.81. The van der Waals surface area contributed by atoms with Crippen LogP contribution in [0.15, 0.2) is 49.1 Å². The molecule has 1 saturated carbocycles. The normalized spacial score (nSPS) is 13.6. The van der Waals surface area contributed by atoms with Crippen molar-refractivity contribution in [2.75, 3.05) is 13.7 Å². The van der Waals surface area contributed by atoms with Gasteiger partial charge in [0.1, 0.15) is 29.8 Å². The molecule has 0 spiro atoms. The summed E-state index contributed by atoms with van der Waals surface area (Å²) in [6, 6.07) is 8.89. The van der Waals surface area contributed by atoms with E-state index in [0.29, 0.717) is 58.8 Å². The molecule has 2 N–H and O–H groups in total. The van der Waals surface area contributed by atoms with Crippen LogP contribution in [0.5, 0.6) is 11.8 Å². The largest absolute Gasteiger partial charge is 0.480 e. The van der Waals surface area contributed by atoms with Crippen LogP contribution in [-0.4, -0.2) is 47.7 Å². The molecule has 0 unspecified atom stereocenters. The average Bonchev–Trinajstić information content (AvgIpc) is 3.62. The number of fused-ring (bicyclic) bond motifs is 1. The Morgan fingerprint density at radius 2 is 1.80 bits per heavy atom. The van der Waals surface area contributed by atoms with Crippen molar-refractivity contribution in [1.29, 1.82) is 0 Å². The molecule has 0 radical (unpaired) electrons. The molecule has 4 aromatic heterocycles. The van der Waals surface area contributed by atoms with Gasteiger partial charge in [-0.2, -0.15) is 18.2 Å². The molecule has 4 heterocycles. The number of rotatable bonds is 9. The first-order chi connectivity index (χ1) is 19.8. The van der Waals surface area contributed by atoms with Gasteiger partial charge in [0.15, 0.2) is 11.5 Å². The number of nitrogens with zero attached hydrogens (tertiary/aromatic N) is 7. The molecular formula is C28H27F3N8O2. The van der Waals surface area contributed by atoms with Crippen LogP contribution in [0.3, 0.4) is 0 Å². The van der Waals surface area contributed by atoms with E-state index >= 15 is 0 Å². The van der Waals surface area contributed by atoms with E-state index in [-0.39, 0.29) is 12.4 Å². The summed E-state index contributed by atoms with van der Waals surface area (Å²) in [6.45, 7) is 1.12. The Bertz CT molecular complexity index is 1710. The quantitative estimate of drug-likeness (QED) is 0.273. The second-order valence-corrected chi connectivity index (χ2v) is 9.85. The fourth-order valence-corrected chi connectivity index (χ4v) is 4.80. The molecule has 0 saturated heterocycles. The van der Waals surface area contributed by atoms with Gasteiger partial charge < -0.3 is 24.3 Å². The second-order valence-electron chi connectivity index (χ2n) is 9.85. The first-order valence-electron chi connectivity index (χ1n) is 13.1. The highest BCUT2D eigenvalue weighted by Crippen LogP contribution is 2.45. The lowest BCUT2D eigenvalue weighted by molar-refractivity contribution is -0.140. The van der Waals surface area contributed by atoms with Crippen LogP contribution in [0.25, 0.3) is 33.8 Å². The van der Waals surface area contributed by atoms with Gasteiger partial charge in [0, 0.05) is 44.0 Å². The molecule has 0 atom stereocenters. The number of hydrogen-bond acceptors (Lipinski definition) is 8. The SMILES string of the molecule is COc1ncnc(C2CC2)c1-c1nc(OCc2ccc(-c3nc(C(F)(F)F)cn3C)cc2)c2c(ccn2CCN)n1. The van der Waals surface area contributed by atoms with Crippen molar-refractivity contribution in [3.8, 4) is 34.5 Å². The third-order valence-corrected chi connectivity index (χ3v) is 6.93. The molecule has 1 aliphatic carbocycles. The lowest BCUT2D eigenvalue weighted by Crippen LogP contribution is -2.10. The number of benzene rings is 1. The smallest absolute Gasteiger partial charge is 0.434 e. The number of alkyl halides is 3. The van der Waals surface area contributed by atoms with Gasteiger partial charge in [-0.1, -0.05) is 24.3 Å². The number of hydrogen-bond donors (Lipinski definition) is 1. The zero-order valence-electron chi connectivity index (χ0n) is 22.4. The van der Waals surface area contributed by atoms with Crippen molar-refractivity contribution in [2.24, 2.45) is 12.8 Å². The lowest BCUT2D eigenvalue weighted by Gasteiger charge is -2.14. The molecule has 10 nitrogen and oxygen atoms in total. The summed E-state index contributed by atoms with van der Waals surface area (Å²) in [5.74, 6) is 1.68. The number of ether oxygens (including phenoxy) is 2. The van der Waals surface area contributed by atoms with E-state index in [0.717, 1.165) is 30.3 Å². The fourth-order valence-electron chi connectivity index (χ4n) is 4.80. The summed E-state index contributed by atoms with van der Waals surface area (Å²) < 4.78 is 54.4. The molecule has 13 heteroatoms. The minimum Gasteiger partial charge on any atom is -0.480 e. The maximum atomic E-state index is 13.1. The maximum Gasteiger partial charge on any atom is 0.434 e. The van der Waals surface area contributed by atoms with Crippen LogP contribution < -0.4 is 15.2 Å². The van der Waals surface area contributed by atoms with Gasteiger partial charge in [0.25, 0.3) is 0 Å². The zero-order valence-corrected chi connectivity index (χ0v) is 22.4. The zero-order chi connectivity index (χ0) is 28.7. The van der Waals surface area contributed by atoms with E-state index in [1.165, 1.54) is 17.9 Å². The van der Waals surface area contributed by atoms with E-state index in [2.05, 4.69) is 15.0 Å². The van der Waals surface area contributed by atoms with Gasteiger partial charge in [-0.15, -0.1) is 0 Å². The molecule has 0 amide bonds. The third kappa shape index (κ3) is 5.20. The van der Waals surface area contributed by atoms with Gasteiger partial charge in [-0.25, -0.2) is 19.9 Å². The van der Waals surface area contributed by atoms with Crippen molar-refractivity contribution in [3.63, 3.8) is 0 Å². The van der Waals surface area contributed by atoms with Crippen molar-refractivity contribution < 1.29 is 22.6 Å². The van der Waals surface area contributed by atoms with E-state index in [9.17, 15) is 13.2 Å². The number of imidazole rings is 1. The van der Waals surface area contributed by atoms with Crippen molar-refractivity contribution in [1.82, 2.24) is 34.1 Å². The molecular weight excluding hydrogens is 537 g/mol. The average molecular weight is 565 g/mol. The monoisotopic (exact) mass is 564 g/mol. The first kappa shape index (κ1) is 26.7. The number of aryl methyl sites for hydroxylation is 1. The molecule has 5 aromatic rings. The van der Waals surface area contributed by atoms with E-state index in [4.69, 9.17) is 25.2 Å². The summed E-state index contributed by atoms with van der Waals surface area (Å²) in [7, 11) is 3.08. The predicted molar refractivity (Wildman–Crippen MR) is 144 cm³/mol. The number of halogens is 3. The Balaban J connectivity index is 1.33. The molecule has 212 valence electrons. The summed E-state index contributed by atoms with van der Waals surface area (Å²) >= 11 is 0. The highest BCUT2D eigenvalue weighted by molar-refractivity contribution is 5.84. The van der Waals surface area contributed by atoms with E-state index in [1.54, 1.807) is 31.4 Å². The minimum absolute atomic E-state index is 0.159. The van der Waals surface area contributed by atoms with Crippen LogP contribution in [0.4, 0.5) is 13.2 Å². The van der Waals surface area contributed by atoms with Crippen molar-refractivity contribution in [3.05, 3.63) is 66.0 Å². The number of methoxy groups -OCH3 is 1. The molecule has 6 rings (SSSR count). The molecule has 0 bridgehead atoms. The van der Waals surface area contributed by atoms with Crippen LogP contribution in [0, 0.1) is 0 Å². The molecule has 1 aromatic carbocycles. The molecule has 0 aliphatic heterocycles. The Labute approximate surface area is 233 Å². The second kappa shape index (κ2) is 10.5. The topological polar surface area (TPSA) is 119 Å². The first-order valence-corrected chi connectivity index (χ1v) is 13.1. The number of aromatic nitrogens is 7. The highest BCUT2D eigenvalue weighted by atomic mass is 19.4. The third-order valence-electron chi connectivity index (χ3n) is 6.93. The van der Waals surface area contributed by atoms with E-state index in [1.807, 2.05) is 16.8 Å². The standard InChI is InChI=1S/C28H27F3N8O2/c1-38-13-20(28(29,30)31)36-25(38)18-5-3-16(4-6-18)14-41-27-23-19(9-11-39(23)12-10-32)35-24(37-27)21-22(17-7-8-17)33-15-34-26(21)40-2/h3-6,9,11,13,15,17H,7-8,10,12,14,32H2,1-2H3. The maximum absolute atomic E-state index is 13.1. The van der Waals surface area contributed by atoms with Gasteiger partial charge in [0.2, 0.25) is 11.8 Å². The van der Waals surface area contributed by atoms with E-state index < -0.39 is 11.9 Å². The van der Waals surface area contributed by atoms with Gasteiger partial charge in [-0.05, 0) is 24.5 Å². The summed E-state index contributed by atoms with van der Waals surface area (Å²) in [6.07, 6.45) is 1.89. The Hall–Kier alpha value is -4.52. The fraction of sp³-hybridized carbons (Fsp3) is 0.321. The molecule has 41 heavy (non-hydrogen) atoms. The summed E-state index contributed by atoms with van der Waals surface area (Å²) in [4.78, 5) is 22.2. The van der Waals surface area contributed by atoms with Crippen LogP contribution >= 0.6 is 0 Å². The summed E-state index contributed by atoms with van der Waals surface area (Å²) in [5.41, 5.74) is 9.13. The van der Waals surface area contributed by atoms with Crippen LogP contribution in [0.2, 0.25) is 0 Å². The van der Waals surface area contributed by atoms with Crippen LogP contribution in [0.1, 0.15) is 35.7 Å². The molecule has 1 aliphatic rings. The lowest BCUT2D eigenvalue weighted by atomic mass is 10.1. The van der Waals surface area contributed by atoms with Crippen molar-refractivity contribution >= 4 is 11.0 Å². The van der Waals surface area contributed by atoms with Crippen molar-refractivity contribution in [2.45, 2.75) is 38.1 Å². The van der Waals surface area contributed by atoms with Crippen LogP contribution in [-0.2, 0) is 26.4 Å². The highest BCUT2D eigenvalue weighted by Gasteiger charge is 2.35. The number of nitrogens with two attached hydrogens (primary N) is 1. The van der Waals surface area contributed by atoms with Gasteiger partial charge in [-0.3, -0.25) is 0 Å². The van der Waals surface area contributed by atoms with Gasteiger partial charge >= 0.3 is 6.18 Å². The minimum atomic E-state index is -4.51.